The van der Waals surface area contributed by atoms with Crippen LogP contribution in [0.1, 0.15) is 6.92 Å². The van der Waals surface area contributed by atoms with Gasteiger partial charge in [0.1, 0.15) is 0 Å². The topological polar surface area (TPSA) is 52.0 Å². The average molecular weight is 90.2 g/mol. The lowest BCUT2D eigenvalue weighted by molar-refractivity contribution is 0.700. The summed E-state index contributed by atoms with van der Waals surface area (Å²) < 4.78 is 0. The van der Waals surface area contributed by atoms with Crippen molar-refractivity contribution in [2.45, 2.75) is 12.2 Å². The fraction of sp³-hybridized carbons (Fsp3) is 1.00. The zero-order valence-corrected chi connectivity index (χ0v) is 5.65. The molecule has 0 unspecified atom stereocenters. The molecular formula is C2H10N2Si. The van der Waals surface area contributed by atoms with E-state index in [2.05, 4.69) is 0 Å². The molecule has 0 aliphatic rings. The van der Waals surface area contributed by atoms with Gasteiger partial charge in [0.15, 0.2) is 0 Å². The Labute approximate surface area is 35.0 Å². The molecule has 4 N–H and O–H groups in total. The van der Waals surface area contributed by atoms with E-state index in [1.54, 1.807) is 6.92 Å². The van der Waals surface area contributed by atoms with Crippen molar-refractivity contribution < 1.29 is 0 Å². The quantitative estimate of drug-likeness (QED) is 0.265. The summed E-state index contributed by atoms with van der Waals surface area (Å²) in [5.41, 5.74) is 10.4. The molecule has 0 aliphatic heterocycles. The van der Waals surface area contributed by atoms with Crippen LogP contribution in [0, 0.1) is 0 Å². The van der Waals surface area contributed by atoms with Gasteiger partial charge in [-0.3, -0.25) is 0 Å². The molecule has 0 aromatic rings. The Morgan fingerprint density at radius 2 is 1.60 bits per heavy atom. The van der Waals surface area contributed by atoms with E-state index in [9.17, 15) is 0 Å². The third kappa shape index (κ3) is 1010. The molecule has 0 rings (SSSR count). The molecule has 0 bridgehead atoms. The van der Waals surface area contributed by atoms with Crippen molar-refractivity contribution in [1.29, 1.82) is 0 Å². The molecule has 2 nitrogen and oxygen atoms in total. The molecule has 0 spiro atoms. The first-order valence-corrected chi connectivity index (χ1v) is 2.58. The smallest absolute Gasteiger partial charge is 0.0454 e. The van der Waals surface area contributed by atoms with E-state index < -0.39 is 0 Å². The molecule has 0 atom stereocenters. The maximum Gasteiger partial charge on any atom is 0.0454 e. The first-order chi connectivity index (χ1) is 2.00. The monoisotopic (exact) mass is 90.1 g/mol. The second-order valence-corrected chi connectivity index (χ2v) is 3.98. The summed E-state index contributed by atoms with van der Waals surface area (Å²) in [7, 11) is 0.863. The molecule has 0 saturated heterocycles. The lowest BCUT2D eigenvalue weighted by Gasteiger charge is -2.07. The molecule has 0 aliphatic carbocycles. The van der Waals surface area contributed by atoms with Crippen LogP contribution in [-0.2, 0) is 0 Å². The van der Waals surface area contributed by atoms with Crippen molar-refractivity contribution in [2.75, 3.05) is 0 Å². The van der Waals surface area contributed by atoms with Gasteiger partial charge >= 0.3 is 0 Å². The van der Waals surface area contributed by atoms with Crippen LogP contribution in [0.15, 0.2) is 0 Å². The van der Waals surface area contributed by atoms with Crippen LogP contribution in [0.2, 0.25) is 0 Å². The molecule has 32 valence electrons. The highest BCUT2D eigenvalue weighted by Gasteiger charge is 1.95. The van der Waals surface area contributed by atoms with Crippen LogP contribution >= 0.6 is 0 Å². The molecular weight excluding hydrogens is 80.1 g/mol. The van der Waals surface area contributed by atoms with E-state index >= 15 is 0 Å². The largest absolute Gasteiger partial charge is 0.317 e. The predicted molar refractivity (Wildman–Crippen MR) is 26.7 cm³/mol. The van der Waals surface area contributed by atoms with E-state index in [1.165, 1.54) is 0 Å². The molecule has 0 fully saturated rings. The van der Waals surface area contributed by atoms with E-state index in [0.717, 1.165) is 10.2 Å². The van der Waals surface area contributed by atoms with Gasteiger partial charge in [-0.1, -0.05) is 0 Å². The van der Waals surface area contributed by atoms with Crippen molar-refractivity contribution >= 4 is 10.2 Å². The summed E-state index contributed by atoms with van der Waals surface area (Å²) in [5, 5.41) is -0.361. The van der Waals surface area contributed by atoms with Crippen LogP contribution in [-0.4, -0.2) is 15.5 Å². The number of nitrogens with two attached hydrogens (primary N) is 2. The van der Waals surface area contributed by atoms with E-state index in [1.807, 2.05) is 0 Å². The van der Waals surface area contributed by atoms with Crippen molar-refractivity contribution in [2.24, 2.45) is 11.5 Å². The first-order valence-electron chi connectivity index (χ1n) is 1.58. The normalized spacial score (nSPS) is 12.6. The second kappa shape index (κ2) is 1.08. The molecule has 0 aromatic heterocycles. The van der Waals surface area contributed by atoms with Crippen molar-refractivity contribution in [3.05, 3.63) is 0 Å². The van der Waals surface area contributed by atoms with Crippen LogP contribution in [0.5, 0.6) is 0 Å². The number of hydrogen-bond donors (Lipinski definition) is 2. The lowest BCUT2D eigenvalue weighted by atomic mass is 10.6. The highest BCUT2D eigenvalue weighted by molar-refractivity contribution is 6.14. The lowest BCUT2D eigenvalue weighted by Crippen LogP contribution is -2.46. The minimum atomic E-state index is -0.361. The standard InChI is InChI=1S/C2H10N2Si/c1-2(3,4)5/h3-4H2,1,5H3. The minimum Gasteiger partial charge on any atom is -0.317 e. The molecule has 5 heavy (non-hydrogen) atoms. The minimum absolute atomic E-state index is 0.361. The van der Waals surface area contributed by atoms with Crippen molar-refractivity contribution in [3.8, 4) is 0 Å². The van der Waals surface area contributed by atoms with Crippen LogP contribution in [0.3, 0.4) is 0 Å². The number of hydrogen-bond acceptors (Lipinski definition) is 2. The Morgan fingerprint density at radius 1 is 1.60 bits per heavy atom. The maximum absolute atomic E-state index is 5.19. The fourth-order valence-electron chi connectivity index (χ4n) is 0. The molecule has 0 aromatic carbocycles. The van der Waals surface area contributed by atoms with Gasteiger partial charge in [0.2, 0.25) is 0 Å². The fourth-order valence-corrected chi connectivity index (χ4v) is 0. The highest BCUT2D eigenvalue weighted by atomic mass is 28.1. The van der Waals surface area contributed by atoms with Gasteiger partial charge in [0.25, 0.3) is 0 Å². The molecule has 0 amide bonds. The van der Waals surface area contributed by atoms with Crippen LogP contribution in [0.25, 0.3) is 0 Å². The zero-order chi connectivity index (χ0) is 4.50. The summed E-state index contributed by atoms with van der Waals surface area (Å²) in [4.78, 5) is 0. The Balaban J connectivity index is 3.02. The molecule has 0 saturated carbocycles. The van der Waals surface area contributed by atoms with Gasteiger partial charge in [-0.25, -0.2) is 0 Å². The van der Waals surface area contributed by atoms with Crippen molar-refractivity contribution in [3.63, 3.8) is 0 Å². The summed E-state index contributed by atoms with van der Waals surface area (Å²) in [5.74, 6) is 0. The zero-order valence-electron chi connectivity index (χ0n) is 3.65. The average Bonchev–Trinajstić information content (AvgIpc) is 0.722. The van der Waals surface area contributed by atoms with Gasteiger partial charge in [0, 0.05) is 15.5 Å². The third-order valence-electron chi connectivity index (χ3n) is 0. The molecule has 3 heteroatoms. The summed E-state index contributed by atoms with van der Waals surface area (Å²) in [6.07, 6.45) is 0. The summed E-state index contributed by atoms with van der Waals surface area (Å²) in [6, 6.07) is 0. The van der Waals surface area contributed by atoms with Crippen LogP contribution in [0.4, 0.5) is 0 Å². The van der Waals surface area contributed by atoms with E-state index in [0.29, 0.717) is 0 Å². The van der Waals surface area contributed by atoms with Gasteiger partial charge < -0.3 is 11.5 Å². The van der Waals surface area contributed by atoms with E-state index in [-0.39, 0.29) is 5.29 Å². The predicted octanol–water partition coefficient (Wildman–Crippen LogP) is -2.06. The van der Waals surface area contributed by atoms with Gasteiger partial charge in [-0.2, -0.15) is 0 Å². The summed E-state index contributed by atoms with van der Waals surface area (Å²) in [6.45, 7) is 1.80. The summed E-state index contributed by atoms with van der Waals surface area (Å²) >= 11 is 0. The van der Waals surface area contributed by atoms with Crippen LogP contribution < -0.4 is 11.5 Å². The SMILES string of the molecule is CC(N)(N)[SiH3]. The third-order valence-corrected chi connectivity index (χ3v) is 0. The van der Waals surface area contributed by atoms with E-state index in [4.69, 9.17) is 11.5 Å². The maximum atomic E-state index is 5.19. The molecule has 0 heterocycles. The highest BCUT2D eigenvalue weighted by Crippen LogP contribution is 1.68. The Hall–Kier alpha value is 0.137. The Kier molecular flexibility index (Phi) is 1.11. The van der Waals surface area contributed by atoms with Gasteiger partial charge in [-0.05, 0) is 6.92 Å². The Bertz CT molecular complexity index is 23.1. The molecule has 0 radical (unpaired) electrons. The van der Waals surface area contributed by atoms with Crippen molar-refractivity contribution in [1.82, 2.24) is 0 Å². The Morgan fingerprint density at radius 3 is 1.60 bits per heavy atom. The number of rotatable bonds is 0. The second-order valence-electron chi connectivity index (χ2n) is 1.82. The van der Waals surface area contributed by atoms with Gasteiger partial charge in [0.05, 0.1) is 0 Å². The first kappa shape index (κ1) is 5.14. The van der Waals surface area contributed by atoms with Gasteiger partial charge in [-0.15, -0.1) is 0 Å².